The van der Waals surface area contributed by atoms with Crippen LogP contribution in [0.4, 0.5) is 4.79 Å². The fourth-order valence-corrected chi connectivity index (χ4v) is 6.81. The lowest BCUT2D eigenvalue weighted by Gasteiger charge is -2.40. The zero-order chi connectivity index (χ0) is 26.0. The SMILES string of the molecule is CCOC[C@H]1C[C@](CC(C)C)(OC(=O)O)N(C(=O)c2ccc(C(C)(C)C)c(Br)c2)[C@H]1c1nccs1. The zero-order valence-electron chi connectivity index (χ0n) is 21.2. The molecule has 1 amide bonds. The van der Waals surface area contributed by atoms with Crippen molar-refractivity contribution in [3.05, 3.63) is 50.4 Å². The fraction of sp³-hybridized carbons (Fsp3) is 0.577. The maximum atomic E-state index is 14.2. The molecule has 2 aromatic rings. The Hall–Kier alpha value is -1.97. The summed E-state index contributed by atoms with van der Waals surface area (Å²) in [4.78, 5) is 32.3. The molecule has 35 heavy (non-hydrogen) atoms. The van der Waals surface area contributed by atoms with Gasteiger partial charge in [-0.05, 0) is 36.0 Å². The Labute approximate surface area is 220 Å². The number of carbonyl (C=O) groups is 2. The normalized spacial score (nSPS) is 22.6. The van der Waals surface area contributed by atoms with Gasteiger partial charge in [0.05, 0.1) is 12.6 Å². The third-order valence-electron chi connectivity index (χ3n) is 6.23. The second kappa shape index (κ2) is 11.0. The number of likely N-dealkylation sites (tertiary alicyclic amines) is 1. The van der Waals surface area contributed by atoms with Crippen LogP contribution < -0.4 is 0 Å². The van der Waals surface area contributed by atoms with Crippen LogP contribution in [-0.2, 0) is 14.9 Å². The van der Waals surface area contributed by atoms with Gasteiger partial charge in [0.1, 0.15) is 5.01 Å². The summed E-state index contributed by atoms with van der Waals surface area (Å²) < 4.78 is 12.3. The molecule has 0 aliphatic carbocycles. The maximum absolute atomic E-state index is 14.2. The molecule has 0 saturated carbocycles. The van der Waals surface area contributed by atoms with Crippen molar-refractivity contribution in [3.8, 4) is 0 Å². The van der Waals surface area contributed by atoms with Crippen LogP contribution in [0.5, 0.6) is 0 Å². The standard InChI is InChI=1S/C26H35BrN2O5S/c1-7-33-15-18-14-26(13-16(2)3,34-24(31)32)29(21(18)22-28-10-11-35-22)23(30)17-8-9-19(20(27)12-17)25(4,5)6/h8-12,16,18,21H,7,13-15H2,1-6H3,(H,31,32)/t18-,21-,26+/m1/s1. The lowest BCUT2D eigenvalue weighted by Crippen LogP contribution is -2.52. The van der Waals surface area contributed by atoms with Crippen molar-refractivity contribution in [1.82, 2.24) is 9.88 Å². The van der Waals surface area contributed by atoms with Gasteiger partial charge in [0.15, 0.2) is 5.72 Å². The average Bonchev–Trinajstić information content (AvgIpc) is 3.36. The highest BCUT2D eigenvalue weighted by Gasteiger charge is 2.58. The summed E-state index contributed by atoms with van der Waals surface area (Å²) in [6.45, 7) is 13.1. The van der Waals surface area contributed by atoms with E-state index in [-0.39, 0.29) is 23.2 Å². The van der Waals surface area contributed by atoms with Crippen molar-refractivity contribution in [2.24, 2.45) is 11.8 Å². The molecule has 1 aliphatic heterocycles. The van der Waals surface area contributed by atoms with E-state index in [9.17, 15) is 14.7 Å². The van der Waals surface area contributed by atoms with Gasteiger partial charge in [-0.3, -0.25) is 9.69 Å². The second-order valence-electron chi connectivity index (χ2n) is 10.5. The van der Waals surface area contributed by atoms with Crippen LogP contribution in [0.1, 0.15) is 81.4 Å². The number of nitrogens with zero attached hydrogens (tertiary/aromatic N) is 2. The molecular weight excluding hydrogens is 532 g/mol. The highest BCUT2D eigenvalue weighted by Crippen LogP contribution is 2.51. The fourth-order valence-electron chi connectivity index (χ4n) is 5.02. The predicted molar refractivity (Wildman–Crippen MR) is 140 cm³/mol. The number of amides is 1. The van der Waals surface area contributed by atoms with Crippen molar-refractivity contribution in [2.75, 3.05) is 13.2 Å². The summed E-state index contributed by atoms with van der Waals surface area (Å²) in [5.41, 5.74) is 0.111. The van der Waals surface area contributed by atoms with E-state index in [2.05, 4.69) is 41.7 Å². The Balaban J connectivity index is 2.17. The molecule has 1 fully saturated rings. The van der Waals surface area contributed by atoms with Crippen LogP contribution in [0.2, 0.25) is 0 Å². The van der Waals surface area contributed by atoms with Crippen molar-refractivity contribution in [1.29, 1.82) is 0 Å². The Morgan fingerprint density at radius 1 is 1.34 bits per heavy atom. The molecule has 9 heteroatoms. The minimum atomic E-state index is -1.40. The van der Waals surface area contributed by atoms with Crippen LogP contribution in [0, 0.1) is 11.8 Å². The first-order chi connectivity index (χ1) is 16.4. The van der Waals surface area contributed by atoms with Gasteiger partial charge >= 0.3 is 6.16 Å². The van der Waals surface area contributed by atoms with Crippen LogP contribution >= 0.6 is 27.3 Å². The molecule has 2 heterocycles. The molecule has 0 radical (unpaired) electrons. The van der Waals surface area contributed by atoms with Crippen molar-refractivity contribution >= 4 is 39.3 Å². The van der Waals surface area contributed by atoms with E-state index in [1.807, 2.05) is 44.4 Å². The summed E-state index contributed by atoms with van der Waals surface area (Å²) >= 11 is 5.09. The summed E-state index contributed by atoms with van der Waals surface area (Å²) in [5.74, 6) is -0.366. The monoisotopic (exact) mass is 566 g/mol. The smallest absolute Gasteiger partial charge is 0.450 e. The molecular formula is C26H35BrN2O5S. The molecule has 3 atom stereocenters. The molecule has 3 rings (SSSR count). The summed E-state index contributed by atoms with van der Waals surface area (Å²) in [6.07, 6.45) is 1.02. The summed E-state index contributed by atoms with van der Waals surface area (Å²) in [6, 6.07) is 5.11. The Morgan fingerprint density at radius 3 is 2.57 bits per heavy atom. The molecule has 0 spiro atoms. The summed E-state index contributed by atoms with van der Waals surface area (Å²) in [7, 11) is 0. The Bertz CT molecular complexity index is 1040. The Kier molecular flexibility index (Phi) is 8.65. The van der Waals surface area contributed by atoms with E-state index in [4.69, 9.17) is 9.47 Å². The van der Waals surface area contributed by atoms with Gasteiger partial charge < -0.3 is 14.6 Å². The number of ether oxygens (including phenoxy) is 2. The molecule has 1 N–H and O–H groups in total. The molecule has 0 bridgehead atoms. The van der Waals surface area contributed by atoms with E-state index in [1.165, 1.54) is 11.3 Å². The number of carboxylic acid groups (broad SMARTS) is 1. The topological polar surface area (TPSA) is 89.0 Å². The van der Waals surface area contributed by atoms with E-state index < -0.39 is 17.9 Å². The van der Waals surface area contributed by atoms with E-state index >= 15 is 0 Å². The largest absolute Gasteiger partial charge is 0.507 e. The predicted octanol–water partition coefficient (Wildman–Crippen LogP) is 6.88. The maximum Gasteiger partial charge on any atom is 0.507 e. The molecule has 1 aliphatic rings. The summed E-state index contributed by atoms with van der Waals surface area (Å²) in [5, 5.41) is 12.4. The first-order valence-electron chi connectivity index (χ1n) is 11.9. The number of carbonyl (C=O) groups excluding carboxylic acids is 1. The number of halogens is 1. The van der Waals surface area contributed by atoms with E-state index in [1.54, 1.807) is 11.1 Å². The van der Waals surface area contributed by atoms with E-state index in [0.717, 1.165) is 15.0 Å². The van der Waals surface area contributed by atoms with Crippen molar-refractivity contribution in [3.63, 3.8) is 0 Å². The number of thiazole rings is 1. The van der Waals surface area contributed by atoms with Gasteiger partial charge in [0.25, 0.3) is 5.91 Å². The first-order valence-corrected chi connectivity index (χ1v) is 13.6. The minimum absolute atomic E-state index is 0.0856. The van der Waals surface area contributed by atoms with Gasteiger partial charge in [-0.2, -0.15) is 0 Å². The van der Waals surface area contributed by atoms with Gasteiger partial charge in [0, 0.05) is 47.0 Å². The molecule has 1 aromatic heterocycles. The first kappa shape index (κ1) is 27.6. The quantitative estimate of drug-likeness (QED) is 0.350. The van der Waals surface area contributed by atoms with Gasteiger partial charge in [-0.15, -0.1) is 11.3 Å². The molecule has 0 unspecified atom stereocenters. The number of rotatable bonds is 8. The molecule has 192 valence electrons. The van der Waals surface area contributed by atoms with Crippen molar-refractivity contribution in [2.45, 2.75) is 71.6 Å². The van der Waals surface area contributed by atoms with Crippen LogP contribution in [0.25, 0.3) is 0 Å². The second-order valence-corrected chi connectivity index (χ2v) is 12.3. The lowest BCUT2D eigenvalue weighted by molar-refractivity contribution is -0.108. The van der Waals surface area contributed by atoms with Crippen LogP contribution in [0.3, 0.4) is 0 Å². The average molecular weight is 568 g/mol. The zero-order valence-corrected chi connectivity index (χ0v) is 23.6. The Morgan fingerprint density at radius 2 is 2.06 bits per heavy atom. The van der Waals surface area contributed by atoms with Gasteiger partial charge in [-0.25, -0.2) is 9.78 Å². The number of benzene rings is 1. The highest BCUT2D eigenvalue weighted by molar-refractivity contribution is 9.10. The van der Waals surface area contributed by atoms with Crippen molar-refractivity contribution < 1.29 is 24.2 Å². The van der Waals surface area contributed by atoms with E-state index in [0.29, 0.717) is 31.6 Å². The molecule has 7 nitrogen and oxygen atoms in total. The number of hydrogen-bond donors (Lipinski definition) is 1. The minimum Gasteiger partial charge on any atom is -0.450 e. The van der Waals surface area contributed by atoms with Crippen LogP contribution in [0.15, 0.2) is 34.2 Å². The molecule has 1 saturated heterocycles. The van der Waals surface area contributed by atoms with Gasteiger partial charge in [0.2, 0.25) is 0 Å². The number of hydrogen-bond acceptors (Lipinski definition) is 6. The third kappa shape index (κ3) is 6.06. The van der Waals surface area contributed by atoms with Crippen LogP contribution in [-0.4, -0.2) is 46.0 Å². The molecule has 1 aromatic carbocycles. The van der Waals surface area contributed by atoms with Gasteiger partial charge in [-0.1, -0.05) is 56.6 Å². The lowest BCUT2D eigenvalue weighted by atomic mass is 9.86. The number of aromatic nitrogens is 1. The third-order valence-corrected chi connectivity index (χ3v) is 7.73. The highest BCUT2D eigenvalue weighted by atomic mass is 79.9.